The van der Waals surface area contributed by atoms with Gasteiger partial charge in [0.2, 0.25) is 12.5 Å². The number of carbonyl (C=O) groups is 1. The Labute approximate surface area is 158 Å². The molecule has 6 nitrogen and oxygen atoms in total. The molecule has 6 heteroatoms. The quantitative estimate of drug-likeness (QED) is 0.472. The first-order valence-corrected chi connectivity index (χ1v) is 8.62. The molecule has 0 fully saturated rings. The molecule has 27 heavy (non-hydrogen) atoms. The molecule has 1 aliphatic heterocycles. The lowest BCUT2D eigenvalue weighted by atomic mass is 9.92. The van der Waals surface area contributed by atoms with Gasteiger partial charge in [-0.25, -0.2) is 0 Å². The Kier molecular flexibility index (Phi) is 5.26. The molecule has 0 saturated heterocycles. The molecule has 0 unspecified atom stereocenters. The first kappa shape index (κ1) is 18.6. The summed E-state index contributed by atoms with van der Waals surface area (Å²) in [6.45, 7) is 4.09. The van der Waals surface area contributed by atoms with E-state index in [4.69, 9.17) is 24.7 Å². The van der Waals surface area contributed by atoms with Gasteiger partial charge in [0.25, 0.3) is 0 Å². The Morgan fingerprint density at radius 2 is 1.93 bits per heavy atom. The molecule has 0 bridgehead atoms. The number of nitrogen functional groups attached to an aromatic ring is 1. The van der Waals surface area contributed by atoms with Crippen molar-refractivity contribution in [1.29, 1.82) is 0 Å². The molecule has 2 N–H and O–H groups in total. The number of Topliss-reactive ketones (excluding diaryl/α,β-unsaturated/α-hetero) is 1. The van der Waals surface area contributed by atoms with Gasteiger partial charge in [-0.2, -0.15) is 0 Å². The molecule has 2 aromatic carbocycles. The van der Waals surface area contributed by atoms with Gasteiger partial charge in [0, 0.05) is 16.7 Å². The van der Waals surface area contributed by atoms with Crippen LogP contribution in [0.5, 0.6) is 23.0 Å². The molecule has 0 radical (unpaired) electrons. The van der Waals surface area contributed by atoms with Crippen LogP contribution in [0.1, 0.15) is 29.8 Å². The van der Waals surface area contributed by atoms with Crippen molar-refractivity contribution in [1.82, 2.24) is 0 Å². The highest BCUT2D eigenvalue weighted by molar-refractivity contribution is 6.12. The van der Waals surface area contributed by atoms with Crippen LogP contribution in [0, 0.1) is 5.92 Å². The van der Waals surface area contributed by atoms with E-state index in [0.717, 1.165) is 5.56 Å². The summed E-state index contributed by atoms with van der Waals surface area (Å²) in [6, 6.07) is 8.70. The maximum Gasteiger partial charge on any atom is 0.231 e. The van der Waals surface area contributed by atoms with E-state index in [-0.39, 0.29) is 18.5 Å². The number of benzene rings is 2. The molecule has 2 aromatic rings. The molecule has 3 rings (SSSR count). The summed E-state index contributed by atoms with van der Waals surface area (Å²) in [4.78, 5) is 13.1. The number of allylic oxidation sites excluding steroid dienone is 1. The van der Waals surface area contributed by atoms with E-state index in [0.29, 0.717) is 39.8 Å². The average molecular weight is 369 g/mol. The Morgan fingerprint density at radius 3 is 2.56 bits per heavy atom. The van der Waals surface area contributed by atoms with Crippen LogP contribution in [0.25, 0.3) is 6.08 Å². The standard InChI is InChI=1S/C21H23NO5/c1-12(2)15(19(23)13-5-7-17(24-3)16(22)10-13)9-14-6-8-18-21(20(14)25-4)27-11-26-18/h5-10,12H,11,22H2,1-4H3. The first-order chi connectivity index (χ1) is 13.0. The number of ether oxygens (including phenoxy) is 4. The highest BCUT2D eigenvalue weighted by Gasteiger charge is 2.23. The summed E-state index contributed by atoms with van der Waals surface area (Å²) >= 11 is 0. The highest BCUT2D eigenvalue weighted by atomic mass is 16.7. The van der Waals surface area contributed by atoms with E-state index < -0.39 is 0 Å². The van der Waals surface area contributed by atoms with Crippen LogP contribution in [0.15, 0.2) is 35.9 Å². The predicted octanol–water partition coefficient (Wildman–Crippen LogP) is 3.94. The second-order valence-corrected chi connectivity index (χ2v) is 6.46. The molecule has 142 valence electrons. The molecule has 0 saturated carbocycles. The summed E-state index contributed by atoms with van der Waals surface area (Å²) in [5, 5.41) is 0. The van der Waals surface area contributed by atoms with Gasteiger partial charge in [0.15, 0.2) is 17.3 Å². The number of carbonyl (C=O) groups excluding carboxylic acids is 1. The number of rotatable bonds is 6. The van der Waals surface area contributed by atoms with Gasteiger partial charge in [-0.05, 0) is 42.3 Å². The van der Waals surface area contributed by atoms with Crippen molar-refractivity contribution in [2.45, 2.75) is 13.8 Å². The molecule has 0 aromatic heterocycles. The SMILES string of the molecule is COc1ccc(C(=O)C(=Cc2ccc3c(c2OC)OCO3)C(C)C)cc1N. The lowest BCUT2D eigenvalue weighted by Gasteiger charge is -2.14. The molecule has 0 aliphatic carbocycles. The second-order valence-electron chi connectivity index (χ2n) is 6.46. The fourth-order valence-corrected chi connectivity index (χ4v) is 2.99. The van der Waals surface area contributed by atoms with E-state index >= 15 is 0 Å². The lowest BCUT2D eigenvalue weighted by Crippen LogP contribution is -2.10. The van der Waals surface area contributed by atoms with Crippen LogP contribution in [0.3, 0.4) is 0 Å². The van der Waals surface area contributed by atoms with Gasteiger partial charge < -0.3 is 24.7 Å². The molecular weight excluding hydrogens is 346 g/mol. The zero-order valence-electron chi connectivity index (χ0n) is 15.9. The summed E-state index contributed by atoms with van der Waals surface area (Å²) < 4.78 is 21.6. The summed E-state index contributed by atoms with van der Waals surface area (Å²) in [6.07, 6.45) is 1.83. The normalized spacial score (nSPS) is 13.0. The maximum absolute atomic E-state index is 13.1. The van der Waals surface area contributed by atoms with Crippen molar-refractivity contribution < 1.29 is 23.7 Å². The Balaban J connectivity index is 2.04. The van der Waals surface area contributed by atoms with Crippen LogP contribution >= 0.6 is 0 Å². The second kappa shape index (κ2) is 7.61. The minimum absolute atomic E-state index is 0.00375. The Morgan fingerprint density at radius 1 is 1.15 bits per heavy atom. The zero-order valence-corrected chi connectivity index (χ0v) is 15.9. The van der Waals surface area contributed by atoms with E-state index in [1.54, 1.807) is 32.4 Å². The third-order valence-corrected chi connectivity index (χ3v) is 4.42. The van der Waals surface area contributed by atoms with Crippen LogP contribution < -0.4 is 24.7 Å². The lowest BCUT2D eigenvalue weighted by molar-refractivity contribution is 0.102. The number of methoxy groups -OCH3 is 2. The number of anilines is 1. The third kappa shape index (κ3) is 3.56. The minimum atomic E-state index is -0.0981. The summed E-state index contributed by atoms with van der Waals surface area (Å²) in [5.41, 5.74) is 8.28. The van der Waals surface area contributed by atoms with Crippen molar-refractivity contribution >= 4 is 17.5 Å². The van der Waals surface area contributed by atoms with Crippen molar-refractivity contribution in [3.8, 4) is 23.0 Å². The van der Waals surface area contributed by atoms with Gasteiger partial charge in [-0.15, -0.1) is 0 Å². The van der Waals surface area contributed by atoms with E-state index in [2.05, 4.69) is 0 Å². The Bertz CT molecular complexity index is 902. The van der Waals surface area contributed by atoms with E-state index in [1.165, 1.54) is 0 Å². The van der Waals surface area contributed by atoms with Gasteiger partial charge in [-0.3, -0.25) is 4.79 Å². The number of fused-ring (bicyclic) bond motifs is 1. The van der Waals surface area contributed by atoms with E-state index in [1.807, 2.05) is 32.1 Å². The number of ketones is 1. The minimum Gasteiger partial charge on any atom is -0.495 e. The smallest absolute Gasteiger partial charge is 0.231 e. The van der Waals surface area contributed by atoms with Crippen molar-refractivity contribution in [2.75, 3.05) is 26.7 Å². The monoisotopic (exact) mass is 369 g/mol. The third-order valence-electron chi connectivity index (χ3n) is 4.42. The van der Waals surface area contributed by atoms with Gasteiger partial charge in [-0.1, -0.05) is 13.8 Å². The van der Waals surface area contributed by atoms with Crippen LogP contribution in [0.2, 0.25) is 0 Å². The summed E-state index contributed by atoms with van der Waals surface area (Å²) in [7, 11) is 3.11. The van der Waals surface area contributed by atoms with Crippen LogP contribution in [-0.2, 0) is 0 Å². The summed E-state index contributed by atoms with van der Waals surface area (Å²) in [5.74, 6) is 2.17. The van der Waals surface area contributed by atoms with Crippen molar-refractivity contribution in [3.63, 3.8) is 0 Å². The molecular formula is C21H23NO5. The van der Waals surface area contributed by atoms with E-state index in [9.17, 15) is 4.79 Å². The fourth-order valence-electron chi connectivity index (χ4n) is 2.99. The van der Waals surface area contributed by atoms with Gasteiger partial charge in [0.1, 0.15) is 5.75 Å². The van der Waals surface area contributed by atoms with Crippen molar-refractivity contribution in [2.24, 2.45) is 5.92 Å². The molecule has 0 atom stereocenters. The Hall–Kier alpha value is -3.15. The van der Waals surface area contributed by atoms with Crippen molar-refractivity contribution in [3.05, 3.63) is 47.0 Å². The molecule has 0 amide bonds. The number of hydrogen-bond donors (Lipinski definition) is 1. The van der Waals surface area contributed by atoms with Gasteiger partial charge >= 0.3 is 0 Å². The first-order valence-electron chi connectivity index (χ1n) is 8.62. The molecule has 1 heterocycles. The zero-order chi connectivity index (χ0) is 19.6. The largest absolute Gasteiger partial charge is 0.495 e. The predicted molar refractivity (Wildman–Crippen MR) is 104 cm³/mol. The van der Waals surface area contributed by atoms with Gasteiger partial charge in [0.05, 0.1) is 19.9 Å². The van der Waals surface area contributed by atoms with Crippen LogP contribution in [0.4, 0.5) is 5.69 Å². The number of hydrogen-bond acceptors (Lipinski definition) is 6. The topological polar surface area (TPSA) is 80.0 Å². The maximum atomic E-state index is 13.1. The highest BCUT2D eigenvalue weighted by Crippen LogP contribution is 2.44. The average Bonchev–Trinajstić information content (AvgIpc) is 3.13. The fraction of sp³-hybridized carbons (Fsp3) is 0.286. The van der Waals surface area contributed by atoms with Crippen LogP contribution in [-0.4, -0.2) is 26.8 Å². The number of nitrogens with two attached hydrogens (primary N) is 1. The molecule has 1 aliphatic rings. The molecule has 0 spiro atoms.